The van der Waals surface area contributed by atoms with Gasteiger partial charge in [-0.1, -0.05) is 30.3 Å². The molecule has 0 fully saturated rings. The Kier molecular flexibility index (Phi) is 6.56. The molecule has 0 spiro atoms. The molecule has 2 aromatic carbocycles. The lowest BCUT2D eigenvalue weighted by molar-refractivity contribution is 0.287. The number of nitrogens with zero attached hydrogens (tertiary/aromatic N) is 1. The van der Waals surface area contributed by atoms with Crippen LogP contribution in [0, 0.1) is 5.82 Å². The number of hydrogen-bond acceptors (Lipinski definition) is 3. The quantitative estimate of drug-likeness (QED) is 0.805. The molecule has 1 N–H and O–H groups in total. The molecule has 0 aromatic heterocycles. The fraction of sp³-hybridized carbons (Fsp3) is 0.368. The van der Waals surface area contributed by atoms with Gasteiger partial charge in [-0.15, -0.1) is 0 Å². The second-order valence-electron chi connectivity index (χ2n) is 5.70. The van der Waals surface area contributed by atoms with Crippen LogP contribution in [0.5, 0.6) is 5.75 Å². The van der Waals surface area contributed by atoms with Crippen molar-refractivity contribution < 1.29 is 9.13 Å². The summed E-state index contributed by atoms with van der Waals surface area (Å²) in [5.41, 5.74) is 2.24. The molecule has 0 radical (unpaired) electrons. The van der Waals surface area contributed by atoms with Crippen LogP contribution in [0.3, 0.4) is 0 Å². The van der Waals surface area contributed by atoms with Crippen molar-refractivity contribution in [1.82, 2.24) is 10.2 Å². The van der Waals surface area contributed by atoms with Crippen LogP contribution < -0.4 is 10.1 Å². The van der Waals surface area contributed by atoms with Gasteiger partial charge in [0.2, 0.25) is 0 Å². The highest BCUT2D eigenvalue weighted by Gasteiger charge is 2.14. The van der Waals surface area contributed by atoms with Crippen LogP contribution in [0.15, 0.2) is 48.5 Å². The number of para-hydroxylation sites is 1. The van der Waals surface area contributed by atoms with Gasteiger partial charge in [-0.25, -0.2) is 4.39 Å². The first-order chi connectivity index (χ1) is 11.1. The van der Waals surface area contributed by atoms with Crippen molar-refractivity contribution in [3.05, 3.63) is 65.5 Å². The van der Waals surface area contributed by atoms with Crippen molar-refractivity contribution in [1.29, 1.82) is 0 Å². The normalized spacial score (nSPS) is 12.4. The molecule has 2 aromatic rings. The van der Waals surface area contributed by atoms with Crippen LogP contribution in [0.1, 0.15) is 24.1 Å². The van der Waals surface area contributed by atoms with E-state index in [-0.39, 0.29) is 11.9 Å². The van der Waals surface area contributed by atoms with E-state index < -0.39 is 0 Å². The summed E-state index contributed by atoms with van der Waals surface area (Å²) in [5.74, 6) is 0.718. The number of hydrogen-bond donors (Lipinski definition) is 1. The summed E-state index contributed by atoms with van der Waals surface area (Å²) in [6.07, 6.45) is 0. The van der Waals surface area contributed by atoms with Crippen molar-refractivity contribution in [2.24, 2.45) is 0 Å². The first-order valence-corrected chi connectivity index (χ1v) is 7.95. The third-order valence-electron chi connectivity index (χ3n) is 3.80. The standard InChI is InChI=1S/C19H25FN2O/c1-4-23-19-8-6-5-7-16(19)13-21-14-18(22(2)3)15-9-11-17(20)12-10-15/h5-12,18,21H,4,13-14H2,1-3H3. The number of benzene rings is 2. The SMILES string of the molecule is CCOc1ccccc1CNCC(c1ccc(F)cc1)N(C)C. The van der Waals surface area contributed by atoms with Crippen molar-refractivity contribution in [2.45, 2.75) is 19.5 Å². The molecule has 4 heteroatoms. The van der Waals surface area contributed by atoms with Crippen LogP contribution in [0.2, 0.25) is 0 Å². The summed E-state index contributed by atoms with van der Waals surface area (Å²) in [6, 6.07) is 15.0. The van der Waals surface area contributed by atoms with Crippen molar-refractivity contribution >= 4 is 0 Å². The highest BCUT2D eigenvalue weighted by Crippen LogP contribution is 2.20. The number of likely N-dealkylation sites (N-methyl/N-ethyl adjacent to an activating group) is 1. The molecule has 3 nitrogen and oxygen atoms in total. The summed E-state index contributed by atoms with van der Waals surface area (Å²) in [4.78, 5) is 2.13. The van der Waals surface area contributed by atoms with E-state index in [0.29, 0.717) is 6.61 Å². The Morgan fingerprint density at radius 1 is 1.09 bits per heavy atom. The lowest BCUT2D eigenvalue weighted by atomic mass is 10.1. The highest BCUT2D eigenvalue weighted by molar-refractivity contribution is 5.33. The summed E-state index contributed by atoms with van der Waals surface area (Å²) < 4.78 is 18.7. The van der Waals surface area contributed by atoms with Gasteiger partial charge in [0.05, 0.1) is 6.61 Å². The Balaban J connectivity index is 1.99. The number of rotatable bonds is 8. The maximum absolute atomic E-state index is 13.1. The second kappa shape index (κ2) is 8.65. The maximum atomic E-state index is 13.1. The fourth-order valence-electron chi connectivity index (χ4n) is 2.57. The molecular weight excluding hydrogens is 291 g/mol. The third-order valence-corrected chi connectivity index (χ3v) is 3.80. The Morgan fingerprint density at radius 2 is 1.78 bits per heavy atom. The molecular formula is C19H25FN2O. The number of ether oxygens (including phenoxy) is 1. The van der Waals surface area contributed by atoms with Gasteiger partial charge in [-0.3, -0.25) is 0 Å². The minimum Gasteiger partial charge on any atom is -0.494 e. The molecule has 23 heavy (non-hydrogen) atoms. The van der Waals surface area contributed by atoms with E-state index in [1.165, 1.54) is 12.1 Å². The number of halogens is 1. The third kappa shape index (κ3) is 5.05. The minimum absolute atomic E-state index is 0.190. The summed E-state index contributed by atoms with van der Waals surface area (Å²) in [5, 5.41) is 3.48. The summed E-state index contributed by atoms with van der Waals surface area (Å²) >= 11 is 0. The zero-order valence-electron chi connectivity index (χ0n) is 14.1. The molecule has 1 unspecified atom stereocenters. The van der Waals surface area contributed by atoms with Gasteiger partial charge in [0.1, 0.15) is 11.6 Å². The number of nitrogens with one attached hydrogen (secondary N) is 1. The largest absolute Gasteiger partial charge is 0.494 e. The van der Waals surface area contributed by atoms with Crippen molar-refractivity contribution in [3.8, 4) is 5.75 Å². The lowest BCUT2D eigenvalue weighted by Crippen LogP contribution is -2.30. The van der Waals surface area contributed by atoms with Crippen LogP contribution in [-0.4, -0.2) is 32.1 Å². The van der Waals surface area contributed by atoms with Gasteiger partial charge in [0.15, 0.2) is 0 Å². The van der Waals surface area contributed by atoms with Crippen molar-refractivity contribution in [3.63, 3.8) is 0 Å². The predicted octanol–water partition coefficient (Wildman–Crippen LogP) is 3.62. The van der Waals surface area contributed by atoms with Gasteiger partial charge in [0.25, 0.3) is 0 Å². The Morgan fingerprint density at radius 3 is 2.43 bits per heavy atom. The van der Waals surface area contributed by atoms with Gasteiger partial charge >= 0.3 is 0 Å². The van der Waals surface area contributed by atoms with Gasteiger partial charge in [-0.05, 0) is 44.8 Å². The molecule has 124 valence electrons. The summed E-state index contributed by atoms with van der Waals surface area (Å²) in [6.45, 7) is 4.16. The molecule has 0 aliphatic rings. The topological polar surface area (TPSA) is 24.5 Å². The monoisotopic (exact) mass is 316 g/mol. The minimum atomic E-state index is -0.204. The summed E-state index contributed by atoms with van der Waals surface area (Å²) in [7, 11) is 4.06. The molecule has 1 atom stereocenters. The first kappa shape index (κ1) is 17.4. The van der Waals surface area contributed by atoms with Crippen LogP contribution >= 0.6 is 0 Å². The molecule has 0 saturated carbocycles. The van der Waals surface area contributed by atoms with E-state index in [0.717, 1.165) is 30.0 Å². The Labute approximate surface area is 138 Å². The average Bonchev–Trinajstić information content (AvgIpc) is 2.54. The molecule has 0 amide bonds. The Hall–Kier alpha value is -1.91. The van der Waals surface area contributed by atoms with Gasteiger partial charge in [-0.2, -0.15) is 0 Å². The second-order valence-corrected chi connectivity index (χ2v) is 5.70. The van der Waals surface area contributed by atoms with Crippen LogP contribution in [-0.2, 0) is 6.54 Å². The van der Waals surface area contributed by atoms with E-state index >= 15 is 0 Å². The van der Waals surface area contributed by atoms with Gasteiger partial charge < -0.3 is 15.0 Å². The predicted molar refractivity (Wildman–Crippen MR) is 92.1 cm³/mol. The molecule has 0 heterocycles. The van der Waals surface area contributed by atoms with Crippen LogP contribution in [0.4, 0.5) is 4.39 Å². The molecule has 0 aliphatic heterocycles. The van der Waals surface area contributed by atoms with E-state index in [9.17, 15) is 4.39 Å². The first-order valence-electron chi connectivity index (χ1n) is 7.95. The zero-order chi connectivity index (χ0) is 16.7. The van der Waals surface area contributed by atoms with E-state index in [1.54, 1.807) is 0 Å². The van der Waals surface area contributed by atoms with Gasteiger partial charge in [0, 0.05) is 24.7 Å². The van der Waals surface area contributed by atoms with Crippen LogP contribution in [0.25, 0.3) is 0 Å². The molecule has 0 saturated heterocycles. The molecule has 2 rings (SSSR count). The maximum Gasteiger partial charge on any atom is 0.123 e. The zero-order valence-corrected chi connectivity index (χ0v) is 14.1. The smallest absolute Gasteiger partial charge is 0.123 e. The Bertz CT molecular complexity index is 599. The van der Waals surface area contributed by atoms with E-state index in [4.69, 9.17) is 4.74 Å². The van der Waals surface area contributed by atoms with Crippen molar-refractivity contribution in [2.75, 3.05) is 27.2 Å². The van der Waals surface area contributed by atoms with E-state index in [2.05, 4.69) is 16.3 Å². The molecule has 0 aliphatic carbocycles. The fourth-order valence-corrected chi connectivity index (χ4v) is 2.57. The lowest BCUT2D eigenvalue weighted by Gasteiger charge is -2.25. The highest BCUT2D eigenvalue weighted by atomic mass is 19.1. The molecule has 0 bridgehead atoms. The average molecular weight is 316 g/mol. The van der Waals surface area contributed by atoms with E-state index in [1.807, 2.05) is 51.4 Å².